The van der Waals surface area contributed by atoms with Crippen molar-refractivity contribution in [1.29, 1.82) is 0 Å². The van der Waals surface area contributed by atoms with E-state index in [1.165, 1.54) is 44.9 Å². The monoisotopic (exact) mass is 292 g/mol. The maximum Gasteiger partial charge on any atom is 0.333 e. The highest BCUT2D eigenvalue weighted by atomic mass is 16.6. The minimum Gasteiger partial charge on any atom is -0.460 e. The second-order valence-corrected chi connectivity index (χ2v) is 7.70. The first-order valence-electron chi connectivity index (χ1n) is 8.47. The van der Waals surface area contributed by atoms with Gasteiger partial charge in [0.1, 0.15) is 6.61 Å². The van der Waals surface area contributed by atoms with Crippen molar-refractivity contribution in [3.05, 3.63) is 12.2 Å². The summed E-state index contributed by atoms with van der Waals surface area (Å²) in [4.78, 5) is 11.2. The SMILES string of the molecule is C=C(C)C(=O)OCCOCCC12CC3CC(CC(C3)C1)C2. The smallest absolute Gasteiger partial charge is 0.333 e. The highest BCUT2D eigenvalue weighted by Crippen LogP contribution is 2.61. The summed E-state index contributed by atoms with van der Waals surface area (Å²) in [7, 11) is 0. The molecule has 0 unspecified atom stereocenters. The third-order valence-electron chi connectivity index (χ3n) is 5.75. The van der Waals surface area contributed by atoms with Crippen LogP contribution in [0.3, 0.4) is 0 Å². The van der Waals surface area contributed by atoms with Gasteiger partial charge in [0.25, 0.3) is 0 Å². The van der Waals surface area contributed by atoms with Crippen LogP contribution < -0.4 is 0 Å². The molecule has 21 heavy (non-hydrogen) atoms. The van der Waals surface area contributed by atoms with Gasteiger partial charge in [0.2, 0.25) is 0 Å². The first-order valence-corrected chi connectivity index (χ1v) is 8.47. The zero-order chi connectivity index (χ0) is 14.9. The fraction of sp³-hybridized carbons (Fsp3) is 0.833. The van der Waals surface area contributed by atoms with Gasteiger partial charge >= 0.3 is 5.97 Å². The molecule has 3 heteroatoms. The summed E-state index contributed by atoms with van der Waals surface area (Å²) in [6, 6.07) is 0. The van der Waals surface area contributed by atoms with Gasteiger partial charge in [0.05, 0.1) is 6.61 Å². The normalized spacial score (nSPS) is 36.7. The largest absolute Gasteiger partial charge is 0.460 e. The van der Waals surface area contributed by atoms with E-state index in [4.69, 9.17) is 9.47 Å². The molecule has 118 valence electrons. The highest BCUT2D eigenvalue weighted by Gasteiger charge is 2.50. The summed E-state index contributed by atoms with van der Waals surface area (Å²) in [5, 5.41) is 0. The lowest BCUT2D eigenvalue weighted by atomic mass is 9.49. The molecule has 0 saturated heterocycles. The lowest BCUT2D eigenvalue weighted by Crippen LogP contribution is -2.46. The van der Waals surface area contributed by atoms with E-state index in [-0.39, 0.29) is 5.97 Å². The lowest BCUT2D eigenvalue weighted by Gasteiger charge is -2.57. The van der Waals surface area contributed by atoms with Crippen LogP contribution in [0, 0.1) is 23.2 Å². The molecule has 0 radical (unpaired) electrons. The Balaban J connectivity index is 1.34. The van der Waals surface area contributed by atoms with Crippen LogP contribution in [0.25, 0.3) is 0 Å². The first-order chi connectivity index (χ1) is 10.1. The van der Waals surface area contributed by atoms with Crippen molar-refractivity contribution in [2.24, 2.45) is 23.2 Å². The van der Waals surface area contributed by atoms with E-state index in [9.17, 15) is 4.79 Å². The fourth-order valence-electron chi connectivity index (χ4n) is 5.30. The number of hydrogen-bond acceptors (Lipinski definition) is 3. The number of esters is 1. The number of carbonyl (C=O) groups excluding carboxylic acids is 1. The molecule has 0 aromatic rings. The van der Waals surface area contributed by atoms with Gasteiger partial charge < -0.3 is 9.47 Å². The average Bonchev–Trinajstić information content (AvgIpc) is 2.40. The van der Waals surface area contributed by atoms with Crippen molar-refractivity contribution in [3.63, 3.8) is 0 Å². The van der Waals surface area contributed by atoms with Crippen LogP contribution in [-0.2, 0) is 14.3 Å². The zero-order valence-electron chi connectivity index (χ0n) is 13.2. The summed E-state index contributed by atoms with van der Waals surface area (Å²) >= 11 is 0. The van der Waals surface area contributed by atoms with Crippen molar-refractivity contribution < 1.29 is 14.3 Å². The van der Waals surface area contributed by atoms with Gasteiger partial charge in [-0.3, -0.25) is 0 Å². The third-order valence-corrected chi connectivity index (χ3v) is 5.75. The first kappa shape index (κ1) is 15.1. The van der Waals surface area contributed by atoms with Crippen LogP contribution in [0.15, 0.2) is 12.2 Å². The minimum absolute atomic E-state index is 0.320. The zero-order valence-corrected chi connectivity index (χ0v) is 13.2. The van der Waals surface area contributed by atoms with E-state index in [0.717, 1.165) is 24.4 Å². The van der Waals surface area contributed by atoms with Gasteiger partial charge in [-0.05, 0) is 75.0 Å². The van der Waals surface area contributed by atoms with Crippen molar-refractivity contribution in [1.82, 2.24) is 0 Å². The molecule has 0 aromatic heterocycles. The third kappa shape index (κ3) is 3.50. The van der Waals surface area contributed by atoms with Crippen LogP contribution in [0.2, 0.25) is 0 Å². The fourth-order valence-corrected chi connectivity index (χ4v) is 5.30. The molecular weight excluding hydrogens is 264 g/mol. The molecule has 0 atom stereocenters. The standard InChI is InChI=1S/C18H28O3/c1-13(2)17(19)21-6-5-20-4-3-18-10-14-7-15(11-18)9-16(8-14)12-18/h14-16H,1,3-12H2,2H3. The molecule has 0 heterocycles. The van der Waals surface area contributed by atoms with E-state index in [2.05, 4.69) is 6.58 Å². The summed E-state index contributed by atoms with van der Waals surface area (Å²) in [5.74, 6) is 2.70. The molecule has 4 rings (SSSR count). The van der Waals surface area contributed by atoms with Gasteiger partial charge in [-0.1, -0.05) is 6.58 Å². The second-order valence-electron chi connectivity index (χ2n) is 7.70. The molecule has 4 fully saturated rings. The molecule has 4 aliphatic rings. The topological polar surface area (TPSA) is 35.5 Å². The summed E-state index contributed by atoms with van der Waals surface area (Å²) in [5.41, 5.74) is 1.03. The number of rotatable bonds is 7. The Bertz CT molecular complexity index is 377. The molecule has 0 spiro atoms. The Morgan fingerprint density at radius 3 is 2.14 bits per heavy atom. The van der Waals surface area contributed by atoms with Crippen LogP contribution >= 0.6 is 0 Å². The van der Waals surface area contributed by atoms with Gasteiger partial charge in [-0.2, -0.15) is 0 Å². The molecule has 0 aliphatic heterocycles. The molecule has 4 saturated carbocycles. The summed E-state index contributed by atoms with van der Waals surface area (Å²) < 4.78 is 10.7. The van der Waals surface area contributed by atoms with Crippen molar-refractivity contribution in [2.45, 2.75) is 51.9 Å². The van der Waals surface area contributed by atoms with Crippen LogP contribution in [0.1, 0.15) is 51.9 Å². The van der Waals surface area contributed by atoms with E-state index in [1.807, 2.05) is 0 Å². The molecule has 4 bridgehead atoms. The van der Waals surface area contributed by atoms with Crippen molar-refractivity contribution in [2.75, 3.05) is 19.8 Å². The Labute approximate surface area is 128 Å². The van der Waals surface area contributed by atoms with E-state index >= 15 is 0 Å². The van der Waals surface area contributed by atoms with E-state index < -0.39 is 0 Å². The number of hydrogen-bond donors (Lipinski definition) is 0. The molecule has 0 amide bonds. The Morgan fingerprint density at radius 2 is 1.62 bits per heavy atom. The Kier molecular flexibility index (Phi) is 4.39. The maximum absolute atomic E-state index is 11.2. The maximum atomic E-state index is 11.2. The van der Waals surface area contributed by atoms with Gasteiger partial charge in [0, 0.05) is 12.2 Å². The van der Waals surface area contributed by atoms with E-state index in [1.54, 1.807) is 6.92 Å². The number of carbonyl (C=O) groups is 1. The molecule has 0 aromatic carbocycles. The molecule has 4 aliphatic carbocycles. The second kappa shape index (κ2) is 6.12. The highest BCUT2D eigenvalue weighted by molar-refractivity contribution is 5.86. The minimum atomic E-state index is -0.320. The van der Waals surface area contributed by atoms with E-state index in [0.29, 0.717) is 24.2 Å². The predicted octanol–water partition coefficient (Wildman–Crippen LogP) is 3.73. The molecular formula is C18H28O3. The van der Waals surface area contributed by atoms with Crippen LogP contribution in [0.4, 0.5) is 0 Å². The Morgan fingerprint density at radius 1 is 1.05 bits per heavy atom. The number of ether oxygens (including phenoxy) is 2. The Hall–Kier alpha value is -0.830. The quantitative estimate of drug-likeness (QED) is 0.407. The van der Waals surface area contributed by atoms with Crippen molar-refractivity contribution in [3.8, 4) is 0 Å². The van der Waals surface area contributed by atoms with Gasteiger partial charge in [-0.25, -0.2) is 4.79 Å². The summed E-state index contributed by atoms with van der Waals surface area (Å²) in [6.07, 6.45) is 10.0. The van der Waals surface area contributed by atoms with Crippen molar-refractivity contribution >= 4 is 5.97 Å². The molecule has 3 nitrogen and oxygen atoms in total. The summed E-state index contributed by atoms with van der Waals surface area (Å²) in [6.45, 7) is 6.89. The average molecular weight is 292 g/mol. The lowest BCUT2D eigenvalue weighted by molar-refractivity contribution is -0.140. The predicted molar refractivity (Wildman–Crippen MR) is 81.8 cm³/mol. The van der Waals surface area contributed by atoms with Gasteiger partial charge in [-0.15, -0.1) is 0 Å². The van der Waals surface area contributed by atoms with Crippen LogP contribution in [0.5, 0.6) is 0 Å². The van der Waals surface area contributed by atoms with Gasteiger partial charge in [0.15, 0.2) is 0 Å². The van der Waals surface area contributed by atoms with Crippen LogP contribution in [-0.4, -0.2) is 25.8 Å². The molecule has 0 N–H and O–H groups in total.